The van der Waals surface area contributed by atoms with E-state index in [1.165, 1.54) is 5.56 Å². The third-order valence-electron chi connectivity index (χ3n) is 3.37. The van der Waals surface area contributed by atoms with E-state index in [-0.39, 0.29) is 12.1 Å². The summed E-state index contributed by atoms with van der Waals surface area (Å²) < 4.78 is 0. The van der Waals surface area contributed by atoms with Crippen LogP contribution in [0.2, 0.25) is 0 Å². The molecule has 0 heterocycles. The van der Waals surface area contributed by atoms with Gasteiger partial charge >= 0.3 is 12.0 Å². The highest BCUT2D eigenvalue weighted by molar-refractivity contribution is 5.74. The Bertz CT molecular complexity index is 448. The molecule has 0 aliphatic heterocycles. The van der Waals surface area contributed by atoms with Crippen molar-refractivity contribution in [1.82, 2.24) is 10.6 Å². The highest BCUT2D eigenvalue weighted by atomic mass is 16.4. The van der Waals surface area contributed by atoms with Gasteiger partial charge in [-0.3, -0.25) is 4.79 Å². The van der Waals surface area contributed by atoms with Gasteiger partial charge < -0.3 is 15.7 Å². The number of benzene rings is 1. The van der Waals surface area contributed by atoms with Crippen molar-refractivity contribution < 1.29 is 14.7 Å². The predicted octanol–water partition coefficient (Wildman–Crippen LogP) is 2.42. The lowest BCUT2D eigenvalue weighted by Gasteiger charge is -2.15. The number of carboxylic acid groups (broad SMARTS) is 1. The van der Waals surface area contributed by atoms with Gasteiger partial charge in [-0.15, -0.1) is 0 Å². The topological polar surface area (TPSA) is 78.4 Å². The van der Waals surface area contributed by atoms with E-state index in [0.717, 1.165) is 12.8 Å². The first-order valence-corrected chi connectivity index (χ1v) is 7.30. The molecule has 0 aliphatic rings. The highest BCUT2D eigenvalue weighted by Crippen LogP contribution is 2.04. The van der Waals surface area contributed by atoms with Gasteiger partial charge in [0.15, 0.2) is 0 Å². The Morgan fingerprint density at radius 2 is 1.81 bits per heavy atom. The lowest BCUT2D eigenvalue weighted by Crippen LogP contribution is -2.41. The fraction of sp³-hybridized carbons (Fsp3) is 0.500. The van der Waals surface area contributed by atoms with E-state index in [1.807, 2.05) is 25.1 Å². The molecular weight excluding hydrogens is 268 g/mol. The first-order valence-electron chi connectivity index (χ1n) is 7.30. The molecule has 5 nitrogen and oxygen atoms in total. The van der Waals surface area contributed by atoms with Crippen molar-refractivity contribution in [3.63, 3.8) is 0 Å². The SMILES string of the molecule is CC(CCc1ccccc1)NC(=O)NCCC(C)C(=O)O. The van der Waals surface area contributed by atoms with Crippen LogP contribution in [0.1, 0.15) is 32.3 Å². The minimum atomic E-state index is -0.839. The maximum atomic E-state index is 11.6. The minimum Gasteiger partial charge on any atom is -0.481 e. The van der Waals surface area contributed by atoms with E-state index in [4.69, 9.17) is 5.11 Å². The van der Waals surface area contributed by atoms with Crippen LogP contribution >= 0.6 is 0 Å². The van der Waals surface area contributed by atoms with Crippen LogP contribution in [0.15, 0.2) is 30.3 Å². The molecule has 1 rings (SSSR count). The number of carbonyl (C=O) groups is 2. The van der Waals surface area contributed by atoms with E-state index in [9.17, 15) is 9.59 Å². The third kappa shape index (κ3) is 7.34. The zero-order valence-corrected chi connectivity index (χ0v) is 12.6. The summed E-state index contributed by atoms with van der Waals surface area (Å²) in [6, 6.07) is 9.96. The summed E-state index contributed by atoms with van der Waals surface area (Å²) in [6.45, 7) is 3.96. The molecule has 21 heavy (non-hydrogen) atoms. The van der Waals surface area contributed by atoms with Crippen molar-refractivity contribution in [3.05, 3.63) is 35.9 Å². The van der Waals surface area contributed by atoms with Crippen LogP contribution in [0, 0.1) is 5.92 Å². The van der Waals surface area contributed by atoms with E-state index >= 15 is 0 Å². The minimum absolute atomic E-state index is 0.0714. The number of aryl methyl sites for hydroxylation is 1. The second-order valence-electron chi connectivity index (χ2n) is 5.35. The normalized spacial score (nSPS) is 13.2. The molecule has 0 aromatic heterocycles. The average molecular weight is 292 g/mol. The molecule has 1 aromatic rings. The number of urea groups is 1. The fourth-order valence-corrected chi connectivity index (χ4v) is 1.90. The predicted molar refractivity (Wildman–Crippen MR) is 82.2 cm³/mol. The number of rotatable bonds is 8. The summed E-state index contributed by atoms with van der Waals surface area (Å²) >= 11 is 0. The van der Waals surface area contributed by atoms with Gasteiger partial charge in [0.05, 0.1) is 5.92 Å². The number of hydrogen-bond acceptors (Lipinski definition) is 2. The molecule has 0 bridgehead atoms. The fourth-order valence-electron chi connectivity index (χ4n) is 1.90. The second kappa shape index (κ2) is 9.00. The number of carboxylic acids is 1. The molecular formula is C16H24N2O3. The van der Waals surface area contributed by atoms with Crippen LogP contribution in [0.4, 0.5) is 4.79 Å². The van der Waals surface area contributed by atoms with Gasteiger partial charge in [-0.25, -0.2) is 4.79 Å². The van der Waals surface area contributed by atoms with Crippen molar-refractivity contribution >= 4 is 12.0 Å². The Morgan fingerprint density at radius 3 is 2.43 bits per heavy atom. The summed E-state index contributed by atoms with van der Waals surface area (Å²) in [6.07, 6.45) is 2.21. The maximum absolute atomic E-state index is 11.6. The molecule has 0 aliphatic carbocycles. The van der Waals surface area contributed by atoms with Crippen LogP contribution in [-0.4, -0.2) is 29.7 Å². The average Bonchev–Trinajstić information content (AvgIpc) is 2.46. The number of aliphatic carboxylic acids is 1. The Balaban J connectivity index is 2.17. The Labute approximate surface area is 125 Å². The molecule has 116 valence electrons. The molecule has 2 amide bonds. The van der Waals surface area contributed by atoms with Crippen molar-refractivity contribution in [3.8, 4) is 0 Å². The van der Waals surface area contributed by atoms with Gasteiger partial charge in [0, 0.05) is 12.6 Å². The van der Waals surface area contributed by atoms with Crippen LogP contribution in [0.25, 0.3) is 0 Å². The third-order valence-corrected chi connectivity index (χ3v) is 3.37. The summed E-state index contributed by atoms with van der Waals surface area (Å²) in [7, 11) is 0. The summed E-state index contributed by atoms with van der Waals surface area (Å²) in [5.41, 5.74) is 1.25. The molecule has 0 spiro atoms. The van der Waals surface area contributed by atoms with Crippen LogP contribution in [-0.2, 0) is 11.2 Å². The molecule has 0 saturated carbocycles. The smallest absolute Gasteiger partial charge is 0.314 e. The molecule has 3 N–H and O–H groups in total. The van der Waals surface area contributed by atoms with Crippen molar-refractivity contribution in [2.24, 2.45) is 5.92 Å². The van der Waals surface area contributed by atoms with Gasteiger partial charge in [0.1, 0.15) is 0 Å². The lowest BCUT2D eigenvalue weighted by molar-refractivity contribution is -0.141. The second-order valence-corrected chi connectivity index (χ2v) is 5.35. The number of nitrogens with one attached hydrogen (secondary N) is 2. The Hall–Kier alpha value is -2.04. The van der Waals surface area contributed by atoms with Crippen LogP contribution < -0.4 is 10.6 Å². The van der Waals surface area contributed by atoms with E-state index in [1.54, 1.807) is 6.92 Å². The zero-order valence-electron chi connectivity index (χ0n) is 12.6. The van der Waals surface area contributed by atoms with Gasteiger partial charge in [-0.2, -0.15) is 0 Å². The van der Waals surface area contributed by atoms with Crippen molar-refractivity contribution in [1.29, 1.82) is 0 Å². The molecule has 0 radical (unpaired) electrons. The van der Waals surface area contributed by atoms with Crippen LogP contribution in [0.3, 0.4) is 0 Å². The zero-order chi connectivity index (χ0) is 15.7. The number of carbonyl (C=O) groups excluding carboxylic acids is 1. The maximum Gasteiger partial charge on any atom is 0.314 e. The monoisotopic (exact) mass is 292 g/mol. The largest absolute Gasteiger partial charge is 0.481 e. The highest BCUT2D eigenvalue weighted by Gasteiger charge is 2.11. The Morgan fingerprint density at radius 1 is 1.14 bits per heavy atom. The van der Waals surface area contributed by atoms with E-state index in [2.05, 4.69) is 22.8 Å². The Kier molecular flexibility index (Phi) is 7.29. The van der Waals surface area contributed by atoms with Gasteiger partial charge in [0.25, 0.3) is 0 Å². The summed E-state index contributed by atoms with van der Waals surface area (Å²) in [5.74, 6) is -1.28. The number of hydrogen-bond donors (Lipinski definition) is 3. The van der Waals surface area contributed by atoms with Gasteiger partial charge in [0.2, 0.25) is 0 Å². The quantitative estimate of drug-likeness (QED) is 0.688. The molecule has 2 unspecified atom stereocenters. The lowest BCUT2D eigenvalue weighted by atomic mass is 10.1. The molecule has 5 heteroatoms. The number of amides is 2. The van der Waals surface area contributed by atoms with Crippen molar-refractivity contribution in [2.45, 2.75) is 39.2 Å². The van der Waals surface area contributed by atoms with Gasteiger partial charge in [-0.05, 0) is 31.7 Å². The molecule has 0 saturated heterocycles. The molecule has 2 atom stereocenters. The standard InChI is InChI=1S/C16H24N2O3/c1-12(15(19)20)10-11-17-16(21)18-13(2)8-9-14-6-4-3-5-7-14/h3-7,12-13H,8-11H2,1-2H3,(H,19,20)(H2,17,18,21). The molecule has 1 aromatic carbocycles. The first-order chi connectivity index (χ1) is 9.99. The van der Waals surface area contributed by atoms with E-state index < -0.39 is 11.9 Å². The summed E-state index contributed by atoms with van der Waals surface area (Å²) in [4.78, 5) is 22.3. The van der Waals surface area contributed by atoms with E-state index in [0.29, 0.717) is 13.0 Å². The summed E-state index contributed by atoms with van der Waals surface area (Å²) in [5, 5.41) is 14.3. The van der Waals surface area contributed by atoms with Gasteiger partial charge in [-0.1, -0.05) is 37.3 Å². The van der Waals surface area contributed by atoms with Crippen LogP contribution in [0.5, 0.6) is 0 Å². The van der Waals surface area contributed by atoms with Crippen molar-refractivity contribution in [2.75, 3.05) is 6.54 Å². The first kappa shape index (κ1) is 17.0. The molecule has 0 fully saturated rings.